The quantitative estimate of drug-likeness (QED) is 0.496. The van der Waals surface area contributed by atoms with Crippen LogP contribution in [0.1, 0.15) is 21.5 Å². The lowest BCUT2D eigenvalue weighted by molar-refractivity contribution is -0.140. The van der Waals surface area contributed by atoms with Gasteiger partial charge in [-0.2, -0.15) is 13.2 Å². The normalized spacial score (nSPS) is 11.5. The van der Waals surface area contributed by atoms with Crippen molar-refractivity contribution in [3.05, 3.63) is 68.4 Å². The van der Waals surface area contributed by atoms with E-state index in [0.717, 1.165) is 6.07 Å². The van der Waals surface area contributed by atoms with Gasteiger partial charge in [-0.25, -0.2) is 4.39 Å². The Balaban J connectivity index is 2.45. The fourth-order valence-electron chi connectivity index (χ4n) is 1.71. The van der Waals surface area contributed by atoms with Crippen molar-refractivity contribution in [1.82, 2.24) is 0 Å². The number of hydrogen-bond donors (Lipinski definition) is 0. The number of halogens is 6. The summed E-state index contributed by atoms with van der Waals surface area (Å²) in [5, 5.41) is 0.128. The average Bonchev–Trinajstić information content (AvgIpc) is 2.39. The first kappa shape index (κ1) is 16.0. The van der Waals surface area contributed by atoms with E-state index in [4.69, 9.17) is 11.6 Å². The van der Waals surface area contributed by atoms with Crippen LogP contribution in [0, 0.1) is 5.82 Å². The molecule has 0 heterocycles. The van der Waals surface area contributed by atoms with Crippen molar-refractivity contribution in [1.29, 1.82) is 0 Å². The Morgan fingerprint density at radius 2 is 1.76 bits per heavy atom. The van der Waals surface area contributed by atoms with Crippen LogP contribution in [0.15, 0.2) is 40.9 Å². The molecule has 0 aliphatic heterocycles. The molecule has 0 aliphatic rings. The molecule has 21 heavy (non-hydrogen) atoms. The molecule has 0 bridgehead atoms. The van der Waals surface area contributed by atoms with E-state index in [0.29, 0.717) is 16.6 Å². The largest absolute Gasteiger partial charge is 0.419 e. The molecule has 2 aromatic carbocycles. The molecule has 0 N–H and O–H groups in total. The number of carbonyl (C=O) groups excluding carboxylic acids is 1. The predicted octanol–water partition coefficient (Wildman–Crippen LogP) is 5.49. The lowest BCUT2D eigenvalue weighted by Gasteiger charge is -2.09. The van der Waals surface area contributed by atoms with Gasteiger partial charge in [-0.3, -0.25) is 4.79 Å². The molecule has 0 unspecified atom stereocenters. The van der Waals surface area contributed by atoms with Crippen LogP contribution in [0.3, 0.4) is 0 Å². The van der Waals surface area contributed by atoms with Crippen molar-refractivity contribution in [2.75, 3.05) is 0 Å². The number of ketones is 1. The summed E-state index contributed by atoms with van der Waals surface area (Å²) >= 11 is 9.02. The standard InChI is InChI=1S/C14H6BrClF4O/c15-8-2-4-11(16)9(6-8)13(21)7-1-3-10(12(17)5-7)14(18,19)20/h1-6H. The second kappa shape index (κ2) is 5.77. The zero-order chi connectivity index (χ0) is 15.8. The van der Waals surface area contributed by atoms with Gasteiger partial charge in [0.25, 0.3) is 0 Å². The third-order valence-corrected chi connectivity index (χ3v) is 3.53. The van der Waals surface area contributed by atoms with Crippen molar-refractivity contribution in [2.24, 2.45) is 0 Å². The van der Waals surface area contributed by atoms with Crippen LogP contribution < -0.4 is 0 Å². The minimum absolute atomic E-state index is 0.0743. The van der Waals surface area contributed by atoms with Gasteiger partial charge in [0, 0.05) is 15.6 Å². The van der Waals surface area contributed by atoms with Gasteiger partial charge >= 0.3 is 6.18 Å². The Morgan fingerprint density at radius 3 is 2.33 bits per heavy atom. The SMILES string of the molecule is O=C(c1ccc(C(F)(F)F)c(F)c1)c1cc(Br)ccc1Cl. The maximum atomic E-state index is 13.5. The molecule has 0 spiro atoms. The summed E-state index contributed by atoms with van der Waals surface area (Å²) < 4.78 is 51.5. The molecule has 2 aromatic rings. The number of carbonyl (C=O) groups is 1. The minimum atomic E-state index is -4.81. The summed E-state index contributed by atoms with van der Waals surface area (Å²) in [6, 6.07) is 6.49. The van der Waals surface area contributed by atoms with Crippen LogP contribution in [0.2, 0.25) is 5.02 Å². The van der Waals surface area contributed by atoms with Crippen LogP contribution in [0.5, 0.6) is 0 Å². The fraction of sp³-hybridized carbons (Fsp3) is 0.0714. The highest BCUT2D eigenvalue weighted by atomic mass is 79.9. The highest BCUT2D eigenvalue weighted by Crippen LogP contribution is 2.32. The van der Waals surface area contributed by atoms with E-state index < -0.39 is 23.3 Å². The molecular formula is C14H6BrClF4O. The van der Waals surface area contributed by atoms with Gasteiger partial charge in [0.1, 0.15) is 5.82 Å². The Labute approximate surface area is 130 Å². The predicted molar refractivity (Wildman–Crippen MR) is 74.0 cm³/mol. The van der Waals surface area contributed by atoms with Crippen LogP contribution >= 0.6 is 27.5 Å². The number of rotatable bonds is 2. The Bertz CT molecular complexity index is 713. The van der Waals surface area contributed by atoms with Gasteiger partial charge in [-0.15, -0.1) is 0 Å². The fourth-order valence-corrected chi connectivity index (χ4v) is 2.28. The van der Waals surface area contributed by atoms with Gasteiger partial charge in [0.05, 0.1) is 10.6 Å². The lowest BCUT2D eigenvalue weighted by Crippen LogP contribution is -2.10. The summed E-state index contributed by atoms with van der Waals surface area (Å²) in [5.41, 5.74) is -1.55. The van der Waals surface area contributed by atoms with E-state index in [2.05, 4.69) is 15.9 Å². The van der Waals surface area contributed by atoms with Gasteiger partial charge in [-0.1, -0.05) is 33.6 Å². The zero-order valence-corrected chi connectivity index (χ0v) is 12.5. The molecule has 2 rings (SSSR count). The van der Waals surface area contributed by atoms with Crippen LogP contribution in [-0.4, -0.2) is 5.78 Å². The van der Waals surface area contributed by atoms with Crippen molar-refractivity contribution in [3.8, 4) is 0 Å². The van der Waals surface area contributed by atoms with Gasteiger partial charge in [0.2, 0.25) is 0 Å². The van der Waals surface area contributed by atoms with Crippen molar-refractivity contribution in [3.63, 3.8) is 0 Å². The maximum Gasteiger partial charge on any atom is 0.419 e. The number of alkyl halides is 3. The number of hydrogen-bond acceptors (Lipinski definition) is 1. The van der Waals surface area contributed by atoms with Crippen molar-refractivity contribution < 1.29 is 22.4 Å². The highest BCUT2D eigenvalue weighted by Gasteiger charge is 2.34. The second-order valence-electron chi connectivity index (χ2n) is 4.15. The highest BCUT2D eigenvalue weighted by molar-refractivity contribution is 9.10. The summed E-state index contributed by atoms with van der Waals surface area (Å²) in [4.78, 5) is 12.2. The zero-order valence-electron chi connectivity index (χ0n) is 10.1. The van der Waals surface area contributed by atoms with E-state index in [1.54, 1.807) is 6.07 Å². The Hall–Kier alpha value is -1.40. The molecule has 0 atom stereocenters. The molecule has 0 radical (unpaired) electrons. The van der Waals surface area contributed by atoms with Crippen LogP contribution in [-0.2, 0) is 6.18 Å². The molecular weight excluding hydrogens is 376 g/mol. The van der Waals surface area contributed by atoms with Crippen molar-refractivity contribution in [2.45, 2.75) is 6.18 Å². The molecule has 0 aromatic heterocycles. The molecule has 0 aliphatic carbocycles. The third kappa shape index (κ3) is 3.44. The second-order valence-corrected chi connectivity index (χ2v) is 5.47. The molecule has 0 amide bonds. The molecule has 1 nitrogen and oxygen atoms in total. The van der Waals surface area contributed by atoms with Crippen molar-refractivity contribution >= 4 is 33.3 Å². The molecule has 0 saturated carbocycles. The maximum absolute atomic E-state index is 13.5. The Morgan fingerprint density at radius 1 is 1.10 bits per heavy atom. The van der Waals surface area contributed by atoms with E-state index >= 15 is 0 Å². The monoisotopic (exact) mass is 380 g/mol. The molecule has 0 fully saturated rings. The summed E-state index contributed by atoms with van der Waals surface area (Å²) in [6.07, 6.45) is -4.81. The first-order chi connectivity index (χ1) is 9.70. The number of benzene rings is 2. The van der Waals surface area contributed by atoms with Gasteiger partial charge < -0.3 is 0 Å². The van der Waals surface area contributed by atoms with E-state index in [-0.39, 0.29) is 16.1 Å². The first-order valence-electron chi connectivity index (χ1n) is 5.56. The molecule has 0 saturated heterocycles. The third-order valence-electron chi connectivity index (χ3n) is 2.71. The summed E-state index contributed by atoms with van der Waals surface area (Å²) in [6.45, 7) is 0. The van der Waals surface area contributed by atoms with Gasteiger partial charge in [-0.05, 0) is 30.3 Å². The molecule has 7 heteroatoms. The lowest BCUT2D eigenvalue weighted by atomic mass is 10.0. The van der Waals surface area contributed by atoms with E-state index in [9.17, 15) is 22.4 Å². The first-order valence-corrected chi connectivity index (χ1v) is 6.74. The van der Waals surface area contributed by atoms with E-state index in [1.165, 1.54) is 12.1 Å². The van der Waals surface area contributed by atoms with Gasteiger partial charge in [0.15, 0.2) is 5.78 Å². The Kier molecular flexibility index (Phi) is 4.39. The average molecular weight is 382 g/mol. The van der Waals surface area contributed by atoms with E-state index in [1.807, 2.05) is 0 Å². The smallest absolute Gasteiger partial charge is 0.289 e. The van der Waals surface area contributed by atoms with Crippen LogP contribution in [0.4, 0.5) is 17.6 Å². The minimum Gasteiger partial charge on any atom is -0.289 e. The topological polar surface area (TPSA) is 17.1 Å². The van der Waals surface area contributed by atoms with Crippen LogP contribution in [0.25, 0.3) is 0 Å². The molecule has 110 valence electrons. The summed E-state index contributed by atoms with van der Waals surface area (Å²) in [5.74, 6) is -2.16. The summed E-state index contributed by atoms with van der Waals surface area (Å²) in [7, 11) is 0.